The lowest BCUT2D eigenvalue weighted by molar-refractivity contribution is -0.183. The molecule has 0 saturated heterocycles. The number of hydrogen-bond donors (Lipinski definition) is 0. The summed E-state index contributed by atoms with van der Waals surface area (Å²) in [7, 11) is 0. The highest BCUT2D eigenvalue weighted by Crippen LogP contribution is 2.74. The number of unbranched alkanes of at least 4 members (excludes halogenated alkanes) is 1. The number of Topliss-reactive ketones (excluding diaryl/α,β-unsaturated/α-hetero) is 1. The standard InChI is InChI=1S/C34H54O3/c1-9-10-19-37-29(36)24-21-30(2,3)20-23-22(24)13-17-33(7)25(23)11-12-27-32(6)16-15-28(35)31(4,5)26(32)14-18-34(27,33)8/h11,22-24,26-27H,9-10,12-21H2,1-8H3/t22?,23?,24-,26?,27?,32+,33-,34-/m1/s1. The van der Waals surface area contributed by atoms with Crippen LogP contribution in [0, 0.1) is 56.7 Å². The first kappa shape index (κ1) is 27.4. The van der Waals surface area contributed by atoms with Gasteiger partial charge in [-0.15, -0.1) is 0 Å². The van der Waals surface area contributed by atoms with Crippen LogP contribution in [0.4, 0.5) is 0 Å². The molecule has 208 valence electrons. The molecule has 0 heterocycles. The summed E-state index contributed by atoms with van der Waals surface area (Å²) in [5.41, 5.74) is 2.31. The number of ether oxygens (including phenoxy) is 1. The maximum Gasteiger partial charge on any atom is 0.309 e. The molecule has 5 rings (SSSR count). The topological polar surface area (TPSA) is 43.4 Å². The first-order valence-corrected chi connectivity index (χ1v) is 15.6. The monoisotopic (exact) mass is 510 g/mol. The van der Waals surface area contributed by atoms with E-state index in [0.29, 0.717) is 36.1 Å². The average Bonchev–Trinajstić information content (AvgIpc) is 2.81. The van der Waals surface area contributed by atoms with Gasteiger partial charge >= 0.3 is 5.97 Å². The Kier molecular flexibility index (Phi) is 6.64. The molecule has 0 N–H and O–H groups in total. The third-order valence-corrected chi connectivity index (χ3v) is 13.3. The van der Waals surface area contributed by atoms with Crippen LogP contribution in [0.15, 0.2) is 11.6 Å². The molecule has 0 aliphatic heterocycles. The van der Waals surface area contributed by atoms with E-state index in [-0.39, 0.29) is 39.0 Å². The second kappa shape index (κ2) is 8.95. The van der Waals surface area contributed by atoms with Crippen LogP contribution in [0.25, 0.3) is 0 Å². The molecule has 4 saturated carbocycles. The summed E-state index contributed by atoms with van der Waals surface area (Å²) in [5.74, 6) is 2.65. The van der Waals surface area contributed by atoms with Crippen molar-refractivity contribution in [3.8, 4) is 0 Å². The van der Waals surface area contributed by atoms with Crippen LogP contribution in [0.5, 0.6) is 0 Å². The summed E-state index contributed by atoms with van der Waals surface area (Å²) in [5, 5.41) is 0. The van der Waals surface area contributed by atoms with Gasteiger partial charge in [0, 0.05) is 11.8 Å². The lowest BCUT2D eigenvalue weighted by Gasteiger charge is -2.70. The number of allylic oxidation sites excluding steroid dienone is 2. The van der Waals surface area contributed by atoms with Gasteiger partial charge in [-0.2, -0.15) is 0 Å². The SMILES string of the molecule is CCCCOC(=O)[C@@H]1CC(C)(C)CC2C3=CCC4[C@@]5(C)CCC(=O)C(C)(C)C5CC[C@@]4(C)[C@]3(C)CCC21. The Morgan fingerprint density at radius 3 is 2.41 bits per heavy atom. The summed E-state index contributed by atoms with van der Waals surface area (Å²) in [6.07, 6.45) is 14.5. The van der Waals surface area contributed by atoms with E-state index < -0.39 is 0 Å². The van der Waals surface area contributed by atoms with Crippen molar-refractivity contribution >= 4 is 11.8 Å². The summed E-state index contributed by atoms with van der Waals surface area (Å²) in [6.45, 7) is 19.7. The van der Waals surface area contributed by atoms with E-state index in [1.165, 1.54) is 25.7 Å². The maximum atomic E-state index is 13.4. The van der Waals surface area contributed by atoms with Crippen molar-refractivity contribution in [1.82, 2.24) is 0 Å². The molecule has 37 heavy (non-hydrogen) atoms. The second-order valence-electron chi connectivity index (χ2n) is 15.9. The smallest absolute Gasteiger partial charge is 0.309 e. The molecule has 0 spiro atoms. The molecule has 4 unspecified atom stereocenters. The van der Waals surface area contributed by atoms with Gasteiger partial charge in [0.25, 0.3) is 0 Å². The minimum atomic E-state index is -0.199. The zero-order valence-corrected chi connectivity index (χ0v) is 25.2. The molecule has 0 radical (unpaired) electrons. The van der Waals surface area contributed by atoms with Crippen LogP contribution >= 0.6 is 0 Å². The number of rotatable bonds is 4. The highest BCUT2D eigenvalue weighted by molar-refractivity contribution is 5.85. The number of carbonyl (C=O) groups excluding carboxylic acids is 2. The van der Waals surface area contributed by atoms with Crippen molar-refractivity contribution in [2.45, 2.75) is 126 Å². The van der Waals surface area contributed by atoms with Crippen LogP contribution in [0.2, 0.25) is 0 Å². The van der Waals surface area contributed by atoms with Crippen molar-refractivity contribution in [2.75, 3.05) is 6.61 Å². The lowest BCUT2D eigenvalue weighted by atomic mass is 9.34. The van der Waals surface area contributed by atoms with Gasteiger partial charge in [0.05, 0.1) is 12.5 Å². The molecule has 0 amide bonds. The van der Waals surface area contributed by atoms with E-state index in [1.54, 1.807) is 5.57 Å². The fourth-order valence-electron chi connectivity index (χ4n) is 11.1. The number of carbonyl (C=O) groups is 2. The van der Waals surface area contributed by atoms with Crippen molar-refractivity contribution < 1.29 is 14.3 Å². The predicted octanol–water partition coefficient (Wildman–Crippen LogP) is 8.56. The van der Waals surface area contributed by atoms with E-state index >= 15 is 0 Å². The molecule has 0 aromatic carbocycles. The second-order valence-corrected chi connectivity index (χ2v) is 15.9. The fourth-order valence-corrected chi connectivity index (χ4v) is 11.1. The van der Waals surface area contributed by atoms with Crippen LogP contribution in [0.1, 0.15) is 126 Å². The van der Waals surface area contributed by atoms with E-state index in [2.05, 4.69) is 61.5 Å². The molecule has 5 aliphatic rings. The Labute approximate surface area is 227 Å². The normalized spacial score (nSPS) is 46.0. The first-order chi connectivity index (χ1) is 17.2. The molecule has 0 aromatic heterocycles. The lowest BCUT2D eigenvalue weighted by Crippen LogP contribution is -2.63. The number of fused-ring (bicyclic) bond motifs is 7. The van der Waals surface area contributed by atoms with Gasteiger partial charge in [0.15, 0.2) is 0 Å². The number of ketones is 1. The molecule has 0 bridgehead atoms. The Hall–Kier alpha value is -1.12. The largest absolute Gasteiger partial charge is 0.465 e. The molecule has 8 atom stereocenters. The molecule has 0 aromatic rings. The third-order valence-electron chi connectivity index (χ3n) is 13.3. The minimum absolute atomic E-state index is 0.0417. The van der Waals surface area contributed by atoms with Crippen LogP contribution in [0.3, 0.4) is 0 Å². The van der Waals surface area contributed by atoms with E-state index in [4.69, 9.17) is 4.74 Å². The highest BCUT2D eigenvalue weighted by Gasteiger charge is 2.67. The summed E-state index contributed by atoms with van der Waals surface area (Å²) in [6, 6.07) is 0. The quantitative estimate of drug-likeness (QED) is 0.216. The van der Waals surface area contributed by atoms with Gasteiger partial charge in [-0.25, -0.2) is 0 Å². The molecular weight excluding hydrogens is 456 g/mol. The maximum absolute atomic E-state index is 13.4. The van der Waals surface area contributed by atoms with Crippen molar-refractivity contribution in [3.05, 3.63) is 11.6 Å². The van der Waals surface area contributed by atoms with E-state index in [1.807, 2.05) is 0 Å². The van der Waals surface area contributed by atoms with Gasteiger partial charge < -0.3 is 4.74 Å². The Morgan fingerprint density at radius 1 is 0.973 bits per heavy atom. The van der Waals surface area contributed by atoms with Crippen LogP contribution in [-0.2, 0) is 14.3 Å². The molecule has 3 nitrogen and oxygen atoms in total. The van der Waals surface area contributed by atoms with Gasteiger partial charge in [0.1, 0.15) is 5.78 Å². The summed E-state index contributed by atoms with van der Waals surface area (Å²) < 4.78 is 5.85. The molecule has 5 aliphatic carbocycles. The molecule has 4 fully saturated rings. The zero-order chi connectivity index (χ0) is 27.0. The molecular formula is C34H54O3. The summed E-state index contributed by atoms with van der Waals surface area (Å²) in [4.78, 5) is 26.3. The first-order valence-electron chi connectivity index (χ1n) is 15.6. The van der Waals surface area contributed by atoms with E-state index in [9.17, 15) is 9.59 Å². The molecule has 3 heteroatoms. The van der Waals surface area contributed by atoms with Crippen molar-refractivity contribution in [3.63, 3.8) is 0 Å². The predicted molar refractivity (Wildman–Crippen MR) is 150 cm³/mol. The third kappa shape index (κ3) is 3.94. The Morgan fingerprint density at radius 2 is 1.70 bits per heavy atom. The average molecular weight is 511 g/mol. The van der Waals surface area contributed by atoms with Crippen molar-refractivity contribution in [2.24, 2.45) is 56.7 Å². The highest BCUT2D eigenvalue weighted by atomic mass is 16.5. The fraction of sp³-hybridized carbons (Fsp3) is 0.882. The van der Waals surface area contributed by atoms with E-state index in [0.717, 1.165) is 44.9 Å². The van der Waals surface area contributed by atoms with Crippen LogP contribution < -0.4 is 0 Å². The van der Waals surface area contributed by atoms with Gasteiger partial charge in [0.2, 0.25) is 0 Å². The van der Waals surface area contributed by atoms with Crippen molar-refractivity contribution in [1.29, 1.82) is 0 Å². The van der Waals surface area contributed by atoms with Gasteiger partial charge in [-0.3, -0.25) is 9.59 Å². The Balaban J connectivity index is 1.49. The number of esters is 1. The van der Waals surface area contributed by atoms with Gasteiger partial charge in [-0.05, 0) is 103 Å². The number of hydrogen-bond acceptors (Lipinski definition) is 3. The van der Waals surface area contributed by atoms with Crippen LogP contribution in [-0.4, -0.2) is 18.4 Å². The minimum Gasteiger partial charge on any atom is -0.465 e. The summed E-state index contributed by atoms with van der Waals surface area (Å²) >= 11 is 0. The Bertz CT molecular complexity index is 974. The zero-order valence-electron chi connectivity index (χ0n) is 25.2. The van der Waals surface area contributed by atoms with Gasteiger partial charge in [-0.1, -0.05) is 73.5 Å².